The molecule has 1 aliphatic rings. The zero-order chi connectivity index (χ0) is 13.8. The maximum Gasteiger partial charge on any atom is 0.244 e. The number of nitrogens with one attached hydrogen (secondary N) is 1. The average molecular weight is 265 g/mol. The van der Waals surface area contributed by atoms with E-state index in [9.17, 15) is 9.18 Å². The highest BCUT2D eigenvalue weighted by Crippen LogP contribution is 2.20. The van der Waals surface area contributed by atoms with Gasteiger partial charge >= 0.3 is 0 Å². The summed E-state index contributed by atoms with van der Waals surface area (Å²) in [4.78, 5) is 11.5. The predicted molar refractivity (Wildman–Crippen MR) is 69.2 cm³/mol. The fourth-order valence-electron chi connectivity index (χ4n) is 1.91. The normalized spacial score (nSPS) is 22.1. The summed E-state index contributed by atoms with van der Waals surface area (Å²) < 4.78 is 18.2. The number of aliphatic hydroxyl groups is 1. The minimum Gasteiger partial charge on any atom is -0.494 e. The molecule has 19 heavy (non-hydrogen) atoms. The molecule has 1 amide bonds. The first-order valence-electron chi connectivity index (χ1n) is 6.08. The number of hydrogen-bond donors (Lipinski definition) is 2. The lowest BCUT2D eigenvalue weighted by atomic mass is 9.89. The first-order chi connectivity index (χ1) is 9.08. The Bertz CT molecular complexity index is 495. The lowest BCUT2D eigenvalue weighted by Crippen LogP contribution is -2.46. The van der Waals surface area contributed by atoms with Crippen LogP contribution in [0.25, 0.3) is 6.08 Å². The van der Waals surface area contributed by atoms with Crippen LogP contribution in [0.3, 0.4) is 0 Å². The van der Waals surface area contributed by atoms with Crippen molar-refractivity contribution in [2.24, 2.45) is 0 Å². The zero-order valence-electron chi connectivity index (χ0n) is 10.6. The number of ether oxygens (including phenoxy) is 1. The Hall–Kier alpha value is -1.88. The molecule has 1 saturated carbocycles. The Labute approximate surface area is 110 Å². The zero-order valence-corrected chi connectivity index (χ0v) is 10.6. The van der Waals surface area contributed by atoms with Gasteiger partial charge in [-0.15, -0.1) is 0 Å². The topological polar surface area (TPSA) is 58.6 Å². The molecule has 0 atom stereocenters. The molecule has 1 fully saturated rings. The van der Waals surface area contributed by atoms with Gasteiger partial charge in [-0.3, -0.25) is 4.79 Å². The second-order valence-electron chi connectivity index (χ2n) is 4.56. The van der Waals surface area contributed by atoms with Crippen LogP contribution in [0.15, 0.2) is 24.3 Å². The van der Waals surface area contributed by atoms with Crippen LogP contribution >= 0.6 is 0 Å². The molecule has 1 aromatic carbocycles. The summed E-state index contributed by atoms with van der Waals surface area (Å²) in [6, 6.07) is 4.52. The minimum absolute atomic E-state index is 0.0414. The smallest absolute Gasteiger partial charge is 0.244 e. The van der Waals surface area contributed by atoms with Crippen molar-refractivity contribution in [1.82, 2.24) is 5.32 Å². The third kappa shape index (κ3) is 3.54. The van der Waals surface area contributed by atoms with Crippen molar-refractivity contribution in [2.45, 2.75) is 25.0 Å². The first kappa shape index (κ1) is 13.5. The highest BCUT2D eigenvalue weighted by atomic mass is 19.1. The van der Waals surface area contributed by atoms with E-state index in [-0.39, 0.29) is 23.8 Å². The lowest BCUT2D eigenvalue weighted by molar-refractivity contribution is -0.118. The molecule has 0 heterocycles. The van der Waals surface area contributed by atoms with Gasteiger partial charge in [0.2, 0.25) is 5.91 Å². The van der Waals surface area contributed by atoms with Gasteiger partial charge in [-0.25, -0.2) is 4.39 Å². The lowest BCUT2D eigenvalue weighted by Gasteiger charge is -2.31. The predicted octanol–water partition coefficient (Wildman–Crippen LogP) is 1.49. The van der Waals surface area contributed by atoms with Gasteiger partial charge < -0.3 is 15.2 Å². The molecule has 5 heteroatoms. The largest absolute Gasteiger partial charge is 0.494 e. The van der Waals surface area contributed by atoms with Crippen LogP contribution in [0.2, 0.25) is 0 Å². The molecule has 4 nitrogen and oxygen atoms in total. The molecule has 0 spiro atoms. The summed E-state index contributed by atoms with van der Waals surface area (Å²) in [5.41, 5.74) is 0.585. The standard InChI is InChI=1S/C14H16FNO3/c1-19-13-4-2-9(6-12(13)15)3-5-14(18)16-10-7-11(17)8-10/h2-6,10-11,17H,7-8H2,1H3,(H,16,18). The molecule has 0 unspecified atom stereocenters. The third-order valence-corrected chi connectivity index (χ3v) is 3.06. The Morgan fingerprint density at radius 3 is 2.84 bits per heavy atom. The fraction of sp³-hybridized carbons (Fsp3) is 0.357. The molecule has 2 rings (SSSR count). The van der Waals surface area contributed by atoms with Crippen molar-refractivity contribution in [2.75, 3.05) is 7.11 Å². The molecule has 102 valence electrons. The molecule has 0 aliphatic heterocycles. The summed E-state index contributed by atoms with van der Waals surface area (Å²) in [5, 5.41) is 11.8. The van der Waals surface area contributed by atoms with E-state index in [2.05, 4.69) is 5.32 Å². The molecular formula is C14H16FNO3. The van der Waals surface area contributed by atoms with Gasteiger partial charge in [0.1, 0.15) is 0 Å². The Kier molecular flexibility index (Phi) is 4.16. The molecule has 0 bridgehead atoms. The number of carbonyl (C=O) groups excluding carboxylic acids is 1. The maximum atomic E-state index is 13.4. The van der Waals surface area contributed by atoms with Crippen molar-refractivity contribution in [1.29, 1.82) is 0 Å². The van der Waals surface area contributed by atoms with Gasteiger partial charge in [0.25, 0.3) is 0 Å². The number of carbonyl (C=O) groups is 1. The minimum atomic E-state index is -0.466. The first-order valence-corrected chi connectivity index (χ1v) is 6.08. The molecule has 0 saturated heterocycles. The van der Waals surface area contributed by atoms with Gasteiger partial charge in [0.15, 0.2) is 11.6 Å². The highest BCUT2D eigenvalue weighted by Gasteiger charge is 2.27. The van der Waals surface area contributed by atoms with Crippen LogP contribution in [0.1, 0.15) is 18.4 Å². The number of benzene rings is 1. The number of aliphatic hydroxyl groups excluding tert-OH is 1. The van der Waals surface area contributed by atoms with Gasteiger partial charge in [-0.05, 0) is 36.6 Å². The number of hydrogen-bond acceptors (Lipinski definition) is 3. The Morgan fingerprint density at radius 2 is 2.26 bits per heavy atom. The fourth-order valence-corrected chi connectivity index (χ4v) is 1.91. The van der Waals surface area contributed by atoms with E-state index in [4.69, 9.17) is 9.84 Å². The monoisotopic (exact) mass is 265 g/mol. The number of amides is 1. The van der Waals surface area contributed by atoms with E-state index in [0.29, 0.717) is 18.4 Å². The molecule has 1 aliphatic carbocycles. The summed E-state index contributed by atoms with van der Waals surface area (Å²) >= 11 is 0. The van der Waals surface area contributed by atoms with Crippen molar-refractivity contribution in [3.8, 4) is 5.75 Å². The van der Waals surface area contributed by atoms with E-state index < -0.39 is 5.82 Å². The van der Waals surface area contributed by atoms with Gasteiger partial charge in [-0.1, -0.05) is 6.07 Å². The molecule has 0 radical (unpaired) electrons. The maximum absolute atomic E-state index is 13.4. The quantitative estimate of drug-likeness (QED) is 0.811. The Balaban J connectivity index is 1.90. The van der Waals surface area contributed by atoms with Crippen molar-refractivity contribution < 1.29 is 19.0 Å². The summed E-state index contributed by atoms with van der Waals surface area (Å²) in [6.07, 6.45) is 3.77. The van der Waals surface area contributed by atoms with E-state index >= 15 is 0 Å². The van der Waals surface area contributed by atoms with Crippen LogP contribution < -0.4 is 10.1 Å². The summed E-state index contributed by atoms with van der Waals surface area (Å²) in [6.45, 7) is 0. The van der Waals surface area contributed by atoms with Crippen LogP contribution in [-0.4, -0.2) is 30.3 Å². The van der Waals surface area contributed by atoms with Crippen LogP contribution in [0, 0.1) is 5.82 Å². The van der Waals surface area contributed by atoms with Crippen molar-refractivity contribution in [3.05, 3.63) is 35.7 Å². The molecule has 0 aromatic heterocycles. The van der Waals surface area contributed by atoms with Crippen LogP contribution in [0.4, 0.5) is 4.39 Å². The Morgan fingerprint density at radius 1 is 1.53 bits per heavy atom. The number of rotatable bonds is 4. The molecule has 2 N–H and O–H groups in total. The van der Waals surface area contributed by atoms with E-state index in [1.807, 2.05) is 0 Å². The summed E-state index contributed by atoms with van der Waals surface area (Å²) in [7, 11) is 1.40. The third-order valence-electron chi connectivity index (χ3n) is 3.06. The summed E-state index contributed by atoms with van der Waals surface area (Å²) in [5.74, 6) is -0.537. The van der Waals surface area contributed by atoms with Crippen LogP contribution in [-0.2, 0) is 4.79 Å². The second kappa shape index (κ2) is 5.84. The van der Waals surface area contributed by atoms with Crippen LogP contribution in [0.5, 0.6) is 5.75 Å². The van der Waals surface area contributed by atoms with Gasteiger partial charge in [-0.2, -0.15) is 0 Å². The average Bonchev–Trinajstić information content (AvgIpc) is 2.35. The SMILES string of the molecule is COc1ccc(C=CC(=O)NC2CC(O)C2)cc1F. The van der Waals surface area contributed by atoms with Crippen molar-refractivity contribution >= 4 is 12.0 Å². The number of halogens is 1. The van der Waals surface area contributed by atoms with E-state index in [0.717, 1.165) is 0 Å². The second-order valence-corrected chi connectivity index (χ2v) is 4.56. The van der Waals surface area contributed by atoms with Gasteiger partial charge in [0.05, 0.1) is 13.2 Å². The van der Waals surface area contributed by atoms with Gasteiger partial charge in [0, 0.05) is 12.1 Å². The number of methoxy groups -OCH3 is 1. The molecular weight excluding hydrogens is 249 g/mol. The van der Waals surface area contributed by atoms with E-state index in [1.165, 1.54) is 31.4 Å². The van der Waals surface area contributed by atoms with Crippen molar-refractivity contribution in [3.63, 3.8) is 0 Å². The highest BCUT2D eigenvalue weighted by molar-refractivity contribution is 5.92. The van der Waals surface area contributed by atoms with E-state index in [1.54, 1.807) is 6.07 Å². The molecule has 1 aromatic rings.